The van der Waals surface area contributed by atoms with E-state index in [0.29, 0.717) is 18.8 Å². The van der Waals surface area contributed by atoms with Gasteiger partial charge < -0.3 is 13.7 Å². The van der Waals surface area contributed by atoms with E-state index in [1.165, 1.54) is 0 Å². The number of hydrogen-bond acceptors (Lipinski definition) is 4. The zero-order valence-electron chi connectivity index (χ0n) is 13.7. The Morgan fingerprint density at radius 3 is 2.58 bits per heavy atom. The molecule has 1 saturated heterocycles. The van der Waals surface area contributed by atoms with E-state index < -0.39 is 0 Å². The third-order valence-corrected chi connectivity index (χ3v) is 4.66. The predicted molar refractivity (Wildman–Crippen MR) is 90.8 cm³/mol. The average Bonchev–Trinajstić information content (AvgIpc) is 3.23. The number of furan rings is 2. The van der Waals surface area contributed by atoms with Crippen LogP contribution in [0.15, 0.2) is 51.5 Å². The standard InChI is InChI=1S/C19H20N2O3/c1-14-16-6-2-3-7-17(16)24-18(14)19(22)21-10-8-20(9-11-21)13-15-5-4-12-23-15/h2-7,12H,8-11,13H2,1H3. The molecule has 1 aliphatic rings. The van der Waals surface area contributed by atoms with Crippen LogP contribution in [-0.2, 0) is 6.54 Å². The van der Waals surface area contributed by atoms with Gasteiger partial charge in [-0.2, -0.15) is 0 Å². The van der Waals surface area contributed by atoms with Crippen molar-refractivity contribution in [2.75, 3.05) is 26.2 Å². The Bertz CT molecular complexity index is 843. The highest BCUT2D eigenvalue weighted by Gasteiger charge is 2.26. The summed E-state index contributed by atoms with van der Waals surface area (Å²) in [5.74, 6) is 1.42. The summed E-state index contributed by atoms with van der Waals surface area (Å²) < 4.78 is 11.2. The largest absolute Gasteiger partial charge is 0.468 e. The van der Waals surface area contributed by atoms with Crippen molar-refractivity contribution in [2.24, 2.45) is 0 Å². The molecule has 1 aliphatic heterocycles. The molecule has 124 valence electrons. The number of carbonyl (C=O) groups is 1. The number of benzene rings is 1. The van der Waals surface area contributed by atoms with E-state index in [4.69, 9.17) is 8.83 Å². The first kappa shape index (κ1) is 15.0. The number of carbonyl (C=O) groups excluding carboxylic acids is 1. The van der Waals surface area contributed by atoms with E-state index in [-0.39, 0.29) is 5.91 Å². The number of nitrogens with zero attached hydrogens (tertiary/aromatic N) is 2. The van der Waals surface area contributed by atoms with Crippen molar-refractivity contribution in [1.82, 2.24) is 9.80 Å². The summed E-state index contributed by atoms with van der Waals surface area (Å²) in [5, 5.41) is 1.01. The zero-order valence-corrected chi connectivity index (χ0v) is 13.7. The summed E-state index contributed by atoms with van der Waals surface area (Å²) >= 11 is 0. The molecular formula is C19H20N2O3. The monoisotopic (exact) mass is 324 g/mol. The molecule has 1 aromatic carbocycles. The molecule has 0 saturated carbocycles. The van der Waals surface area contributed by atoms with Gasteiger partial charge in [-0.05, 0) is 25.1 Å². The normalized spacial score (nSPS) is 16.0. The molecule has 0 spiro atoms. The maximum atomic E-state index is 12.8. The van der Waals surface area contributed by atoms with Crippen LogP contribution in [0.25, 0.3) is 11.0 Å². The molecule has 0 aliphatic carbocycles. The number of piperazine rings is 1. The lowest BCUT2D eigenvalue weighted by Gasteiger charge is -2.33. The maximum absolute atomic E-state index is 12.8. The molecule has 1 amide bonds. The Morgan fingerprint density at radius 2 is 1.88 bits per heavy atom. The van der Waals surface area contributed by atoms with Crippen molar-refractivity contribution in [3.05, 3.63) is 59.7 Å². The average molecular weight is 324 g/mol. The fourth-order valence-corrected chi connectivity index (χ4v) is 3.25. The van der Waals surface area contributed by atoms with Gasteiger partial charge in [-0.25, -0.2) is 0 Å². The molecule has 0 N–H and O–H groups in total. The summed E-state index contributed by atoms with van der Waals surface area (Å²) in [5.41, 5.74) is 1.70. The molecule has 0 bridgehead atoms. The van der Waals surface area contributed by atoms with Crippen molar-refractivity contribution in [3.63, 3.8) is 0 Å². The van der Waals surface area contributed by atoms with Crippen LogP contribution in [0.2, 0.25) is 0 Å². The first-order chi connectivity index (χ1) is 11.7. The lowest BCUT2D eigenvalue weighted by molar-refractivity contribution is 0.0591. The molecule has 3 heterocycles. The van der Waals surface area contributed by atoms with Crippen LogP contribution >= 0.6 is 0 Å². The molecule has 4 rings (SSSR count). The number of aryl methyl sites for hydroxylation is 1. The first-order valence-corrected chi connectivity index (χ1v) is 8.24. The third kappa shape index (κ3) is 2.71. The molecule has 0 unspecified atom stereocenters. The van der Waals surface area contributed by atoms with Crippen molar-refractivity contribution >= 4 is 16.9 Å². The van der Waals surface area contributed by atoms with E-state index >= 15 is 0 Å². The fraction of sp³-hybridized carbons (Fsp3) is 0.316. The highest BCUT2D eigenvalue weighted by atomic mass is 16.3. The minimum Gasteiger partial charge on any atom is -0.468 e. The van der Waals surface area contributed by atoms with Crippen molar-refractivity contribution in [1.29, 1.82) is 0 Å². The summed E-state index contributed by atoms with van der Waals surface area (Å²) in [6.07, 6.45) is 1.69. The summed E-state index contributed by atoms with van der Waals surface area (Å²) in [6.45, 7) is 5.83. The quantitative estimate of drug-likeness (QED) is 0.742. The Labute approximate surface area is 140 Å². The second kappa shape index (κ2) is 6.17. The molecule has 1 fully saturated rings. The second-order valence-electron chi connectivity index (χ2n) is 6.20. The Balaban J connectivity index is 1.45. The molecule has 5 heteroatoms. The van der Waals surface area contributed by atoms with Crippen LogP contribution in [0, 0.1) is 6.92 Å². The number of fused-ring (bicyclic) bond motifs is 1. The second-order valence-corrected chi connectivity index (χ2v) is 6.20. The minimum absolute atomic E-state index is 0.0126. The molecule has 2 aromatic heterocycles. The van der Waals surface area contributed by atoms with Crippen LogP contribution in [0.4, 0.5) is 0 Å². The minimum atomic E-state index is -0.0126. The third-order valence-electron chi connectivity index (χ3n) is 4.66. The van der Waals surface area contributed by atoms with E-state index in [9.17, 15) is 4.79 Å². The Kier molecular flexibility index (Phi) is 3.86. The number of rotatable bonds is 3. The highest BCUT2D eigenvalue weighted by molar-refractivity contribution is 5.98. The SMILES string of the molecule is Cc1c(C(=O)N2CCN(Cc3ccco3)CC2)oc2ccccc12. The van der Waals surface area contributed by atoms with Gasteiger partial charge in [0.25, 0.3) is 5.91 Å². The maximum Gasteiger partial charge on any atom is 0.289 e. The van der Waals surface area contributed by atoms with Crippen LogP contribution in [0.3, 0.4) is 0 Å². The van der Waals surface area contributed by atoms with Gasteiger partial charge in [-0.3, -0.25) is 9.69 Å². The van der Waals surface area contributed by atoms with Gasteiger partial charge in [0.2, 0.25) is 0 Å². The van der Waals surface area contributed by atoms with Crippen LogP contribution in [-0.4, -0.2) is 41.9 Å². The molecule has 5 nitrogen and oxygen atoms in total. The lowest BCUT2D eigenvalue weighted by Crippen LogP contribution is -2.48. The van der Waals surface area contributed by atoms with Gasteiger partial charge in [0.05, 0.1) is 12.8 Å². The molecule has 3 aromatic rings. The Morgan fingerprint density at radius 1 is 1.08 bits per heavy atom. The van der Waals surface area contributed by atoms with E-state index in [1.807, 2.05) is 48.2 Å². The van der Waals surface area contributed by atoms with Crippen molar-refractivity contribution in [2.45, 2.75) is 13.5 Å². The van der Waals surface area contributed by atoms with Crippen LogP contribution < -0.4 is 0 Å². The number of hydrogen-bond donors (Lipinski definition) is 0. The highest BCUT2D eigenvalue weighted by Crippen LogP contribution is 2.26. The van der Waals surface area contributed by atoms with Crippen molar-refractivity contribution < 1.29 is 13.6 Å². The molecule has 0 radical (unpaired) electrons. The summed E-state index contributed by atoms with van der Waals surface area (Å²) in [6, 6.07) is 11.7. The van der Waals surface area contributed by atoms with Gasteiger partial charge in [0.1, 0.15) is 11.3 Å². The van der Waals surface area contributed by atoms with Gasteiger partial charge in [0.15, 0.2) is 5.76 Å². The van der Waals surface area contributed by atoms with Gasteiger partial charge in [0, 0.05) is 37.1 Å². The predicted octanol–water partition coefficient (Wildman–Crippen LogP) is 3.29. The topological polar surface area (TPSA) is 49.8 Å². The van der Waals surface area contributed by atoms with E-state index in [1.54, 1.807) is 6.26 Å². The van der Waals surface area contributed by atoms with Gasteiger partial charge in [-0.1, -0.05) is 18.2 Å². The van der Waals surface area contributed by atoms with Gasteiger partial charge >= 0.3 is 0 Å². The smallest absolute Gasteiger partial charge is 0.289 e. The molecule has 24 heavy (non-hydrogen) atoms. The zero-order chi connectivity index (χ0) is 16.5. The molecule has 0 atom stereocenters. The van der Waals surface area contributed by atoms with E-state index in [0.717, 1.165) is 41.9 Å². The lowest BCUT2D eigenvalue weighted by atomic mass is 10.1. The molecular weight excluding hydrogens is 304 g/mol. The number of para-hydroxylation sites is 1. The summed E-state index contributed by atoms with van der Waals surface area (Å²) in [4.78, 5) is 17.0. The number of amides is 1. The Hall–Kier alpha value is -2.53. The summed E-state index contributed by atoms with van der Waals surface area (Å²) in [7, 11) is 0. The van der Waals surface area contributed by atoms with E-state index in [2.05, 4.69) is 4.90 Å². The van der Waals surface area contributed by atoms with Gasteiger partial charge in [-0.15, -0.1) is 0 Å². The van der Waals surface area contributed by atoms with Crippen LogP contribution in [0.5, 0.6) is 0 Å². The fourth-order valence-electron chi connectivity index (χ4n) is 3.25. The van der Waals surface area contributed by atoms with Crippen molar-refractivity contribution in [3.8, 4) is 0 Å². The van der Waals surface area contributed by atoms with Crippen LogP contribution in [0.1, 0.15) is 21.9 Å². The first-order valence-electron chi connectivity index (χ1n) is 8.24.